The minimum absolute atomic E-state index is 0.0546. The zero-order valence-corrected chi connectivity index (χ0v) is 13.2. The van der Waals surface area contributed by atoms with Crippen LogP contribution in [-0.2, 0) is 15.0 Å². The molecule has 0 aliphatic carbocycles. The van der Waals surface area contributed by atoms with Crippen LogP contribution in [0.1, 0.15) is 32.8 Å². The third-order valence-corrected chi connectivity index (χ3v) is 4.65. The molecule has 0 saturated carbocycles. The van der Waals surface area contributed by atoms with E-state index in [0.29, 0.717) is 18.0 Å². The van der Waals surface area contributed by atoms with E-state index in [1.807, 2.05) is 26.0 Å². The van der Waals surface area contributed by atoms with Gasteiger partial charge in [-0.3, -0.25) is 9.59 Å². The number of carbonyl (C=O) groups is 2. The Bertz CT molecular complexity index is 570. The lowest BCUT2D eigenvalue weighted by atomic mass is 9.83. The highest BCUT2D eigenvalue weighted by Gasteiger charge is 2.43. The fourth-order valence-corrected chi connectivity index (χ4v) is 3.11. The number of nitrogens with zero attached hydrogens (tertiary/aromatic N) is 1. The predicted molar refractivity (Wildman–Crippen MR) is 81.4 cm³/mol. The molecule has 1 aliphatic rings. The van der Waals surface area contributed by atoms with Gasteiger partial charge in [-0.15, -0.1) is 0 Å². The van der Waals surface area contributed by atoms with Crippen LogP contribution in [0.15, 0.2) is 24.3 Å². The maximum Gasteiger partial charge on any atom is 0.308 e. The molecule has 2 rings (SSSR count). The van der Waals surface area contributed by atoms with Gasteiger partial charge in [0.1, 0.15) is 0 Å². The summed E-state index contributed by atoms with van der Waals surface area (Å²) in [6.45, 7) is 5.99. The Morgan fingerprint density at radius 1 is 1.38 bits per heavy atom. The van der Waals surface area contributed by atoms with E-state index in [4.69, 9.17) is 11.6 Å². The number of rotatable bonds is 3. The maximum atomic E-state index is 12.8. The normalized spacial score (nSPS) is 22.4. The summed E-state index contributed by atoms with van der Waals surface area (Å²) < 4.78 is 0. The van der Waals surface area contributed by atoms with Crippen molar-refractivity contribution in [2.45, 2.75) is 38.6 Å². The van der Waals surface area contributed by atoms with E-state index in [1.54, 1.807) is 24.0 Å². The number of carboxylic acids is 1. The van der Waals surface area contributed by atoms with Crippen molar-refractivity contribution in [3.8, 4) is 0 Å². The number of amides is 1. The lowest BCUT2D eigenvalue weighted by molar-refractivity contribution is -0.143. The van der Waals surface area contributed by atoms with Crippen LogP contribution in [0.5, 0.6) is 0 Å². The molecule has 1 aromatic carbocycles. The summed E-state index contributed by atoms with van der Waals surface area (Å²) in [7, 11) is 0. The monoisotopic (exact) mass is 309 g/mol. The minimum atomic E-state index is -0.835. The third-order valence-electron chi connectivity index (χ3n) is 4.41. The van der Waals surface area contributed by atoms with Crippen LogP contribution in [0.4, 0.5) is 0 Å². The first kappa shape index (κ1) is 15.8. The van der Waals surface area contributed by atoms with E-state index < -0.39 is 17.3 Å². The molecule has 1 aliphatic heterocycles. The molecule has 21 heavy (non-hydrogen) atoms. The number of benzene rings is 1. The molecular weight excluding hydrogens is 290 g/mol. The second kappa shape index (κ2) is 5.68. The minimum Gasteiger partial charge on any atom is -0.481 e. The standard InChI is InChI=1S/C16H20ClNO3/c1-10-13(14(19)20)7-8-18(10)15(21)16(2,3)11-5-4-6-12(17)9-11/h4-6,9-10,13H,7-8H2,1-3H3,(H,19,20). The molecule has 0 bridgehead atoms. The number of carboxylic acid groups (broad SMARTS) is 1. The van der Waals surface area contributed by atoms with E-state index in [-0.39, 0.29) is 11.9 Å². The van der Waals surface area contributed by atoms with Crippen molar-refractivity contribution in [3.63, 3.8) is 0 Å². The summed E-state index contributed by atoms with van der Waals surface area (Å²) in [5, 5.41) is 9.77. The quantitative estimate of drug-likeness (QED) is 0.934. The smallest absolute Gasteiger partial charge is 0.308 e. The Morgan fingerprint density at radius 2 is 2.05 bits per heavy atom. The van der Waals surface area contributed by atoms with E-state index in [9.17, 15) is 14.7 Å². The molecule has 0 spiro atoms. The van der Waals surface area contributed by atoms with Gasteiger partial charge < -0.3 is 10.0 Å². The Labute approximate surface area is 129 Å². The van der Waals surface area contributed by atoms with Crippen LogP contribution in [0, 0.1) is 5.92 Å². The van der Waals surface area contributed by atoms with Crippen molar-refractivity contribution in [1.82, 2.24) is 4.90 Å². The second-order valence-electron chi connectivity index (χ2n) is 6.11. The number of likely N-dealkylation sites (tertiary alicyclic amines) is 1. The lowest BCUT2D eigenvalue weighted by Gasteiger charge is -2.33. The van der Waals surface area contributed by atoms with Gasteiger partial charge >= 0.3 is 5.97 Å². The van der Waals surface area contributed by atoms with E-state index in [2.05, 4.69) is 0 Å². The molecule has 1 saturated heterocycles. The molecule has 0 radical (unpaired) electrons. The number of carbonyl (C=O) groups excluding carboxylic acids is 1. The molecule has 1 heterocycles. The molecule has 1 aromatic rings. The second-order valence-corrected chi connectivity index (χ2v) is 6.54. The molecule has 5 heteroatoms. The van der Waals surface area contributed by atoms with Gasteiger partial charge in [-0.25, -0.2) is 0 Å². The summed E-state index contributed by atoms with van der Waals surface area (Å²) in [4.78, 5) is 25.7. The largest absolute Gasteiger partial charge is 0.481 e. The van der Waals surface area contributed by atoms with Crippen molar-refractivity contribution in [3.05, 3.63) is 34.9 Å². The van der Waals surface area contributed by atoms with Gasteiger partial charge in [-0.05, 0) is 44.9 Å². The van der Waals surface area contributed by atoms with E-state index in [1.165, 1.54) is 0 Å². The Hall–Kier alpha value is -1.55. The van der Waals surface area contributed by atoms with Gasteiger partial charge in [-0.2, -0.15) is 0 Å². The average Bonchev–Trinajstić information content (AvgIpc) is 2.79. The fourth-order valence-electron chi connectivity index (χ4n) is 2.92. The first-order chi connectivity index (χ1) is 9.75. The summed E-state index contributed by atoms with van der Waals surface area (Å²) in [6, 6.07) is 6.96. The zero-order chi connectivity index (χ0) is 15.8. The van der Waals surface area contributed by atoms with Crippen LogP contribution < -0.4 is 0 Å². The van der Waals surface area contributed by atoms with Crippen LogP contribution in [0.2, 0.25) is 5.02 Å². The molecular formula is C16H20ClNO3. The van der Waals surface area contributed by atoms with E-state index in [0.717, 1.165) is 5.56 Å². The van der Waals surface area contributed by atoms with Gasteiger partial charge in [0.2, 0.25) is 5.91 Å². The number of hydrogen-bond acceptors (Lipinski definition) is 2. The van der Waals surface area contributed by atoms with Crippen molar-refractivity contribution in [1.29, 1.82) is 0 Å². The molecule has 2 atom stereocenters. The summed E-state index contributed by atoms with van der Waals surface area (Å²) in [5.41, 5.74) is 0.109. The highest BCUT2D eigenvalue weighted by molar-refractivity contribution is 6.30. The van der Waals surface area contributed by atoms with Gasteiger partial charge in [0.05, 0.1) is 11.3 Å². The van der Waals surface area contributed by atoms with Crippen LogP contribution in [0.25, 0.3) is 0 Å². The molecule has 1 N–H and O–H groups in total. The Balaban J connectivity index is 2.25. The third kappa shape index (κ3) is 2.91. The molecule has 1 amide bonds. The van der Waals surface area contributed by atoms with Crippen molar-refractivity contribution < 1.29 is 14.7 Å². The van der Waals surface area contributed by atoms with Crippen molar-refractivity contribution in [2.24, 2.45) is 5.92 Å². The average molecular weight is 310 g/mol. The van der Waals surface area contributed by atoms with Crippen molar-refractivity contribution in [2.75, 3.05) is 6.54 Å². The van der Waals surface area contributed by atoms with Crippen LogP contribution in [-0.4, -0.2) is 34.5 Å². The highest BCUT2D eigenvalue weighted by atomic mass is 35.5. The Kier molecular flexibility index (Phi) is 4.28. The number of aliphatic carboxylic acids is 1. The molecule has 4 nitrogen and oxygen atoms in total. The lowest BCUT2D eigenvalue weighted by Crippen LogP contribution is -2.46. The predicted octanol–water partition coefficient (Wildman–Crippen LogP) is 2.94. The SMILES string of the molecule is CC1C(C(=O)O)CCN1C(=O)C(C)(C)c1cccc(Cl)c1. The summed E-state index contributed by atoms with van der Waals surface area (Å²) >= 11 is 6.01. The molecule has 114 valence electrons. The van der Waals surface area contributed by atoms with Crippen molar-refractivity contribution >= 4 is 23.5 Å². The maximum absolute atomic E-state index is 12.8. The van der Waals surface area contributed by atoms with Gasteiger partial charge in [0.15, 0.2) is 0 Å². The molecule has 1 fully saturated rings. The van der Waals surface area contributed by atoms with Crippen LogP contribution in [0.3, 0.4) is 0 Å². The van der Waals surface area contributed by atoms with Crippen LogP contribution >= 0.6 is 11.6 Å². The van der Waals surface area contributed by atoms with E-state index >= 15 is 0 Å². The first-order valence-electron chi connectivity index (χ1n) is 7.05. The zero-order valence-electron chi connectivity index (χ0n) is 12.5. The van der Waals surface area contributed by atoms with Gasteiger partial charge in [0, 0.05) is 17.6 Å². The highest BCUT2D eigenvalue weighted by Crippen LogP contribution is 2.32. The fraction of sp³-hybridized carbons (Fsp3) is 0.500. The Morgan fingerprint density at radius 3 is 2.57 bits per heavy atom. The first-order valence-corrected chi connectivity index (χ1v) is 7.43. The molecule has 0 aromatic heterocycles. The molecule has 2 unspecified atom stereocenters. The summed E-state index contributed by atoms with van der Waals surface area (Å²) in [5.74, 6) is -1.37. The number of halogens is 1. The number of hydrogen-bond donors (Lipinski definition) is 1. The summed E-state index contributed by atoms with van der Waals surface area (Å²) in [6.07, 6.45) is 0.508. The van der Waals surface area contributed by atoms with Gasteiger partial charge in [-0.1, -0.05) is 23.7 Å². The van der Waals surface area contributed by atoms with Gasteiger partial charge in [0.25, 0.3) is 0 Å². The topological polar surface area (TPSA) is 57.6 Å².